The first kappa shape index (κ1) is 19.4. The molecule has 8 heteroatoms. The van der Waals surface area contributed by atoms with E-state index in [1.54, 1.807) is 9.47 Å². The average molecular weight is 456 g/mol. The highest BCUT2D eigenvalue weighted by Gasteiger charge is 2.25. The van der Waals surface area contributed by atoms with Crippen LogP contribution in [-0.4, -0.2) is 46.7 Å². The summed E-state index contributed by atoms with van der Waals surface area (Å²) >= 11 is 3.44. The van der Waals surface area contributed by atoms with Crippen molar-refractivity contribution in [3.05, 3.63) is 63.4 Å². The van der Waals surface area contributed by atoms with E-state index in [9.17, 15) is 9.59 Å². The molecule has 0 aliphatic carbocycles. The Kier molecular flexibility index (Phi) is 5.53. The van der Waals surface area contributed by atoms with Crippen LogP contribution in [0.25, 0.3) is 11.0 Å². The summed E-state index contributed by atoms with van der Waals surface area (Å²) < 4.78 is 2.59. The summed E-state index contributed by atoms with van der Waals surface area (Å²) in [5.41, 5.74) is 2.30. The van der Waals surface area contributed by atoms with E-state index < -0.39 is 0 Å². The minimum Gasteiger partial charge on any atom is -0.348 e. The van der Waals surface area contributed by atoms with Crippen LogP contribution in [0.2, 0.25) is 0 Å². The lowest BCUT2D eigenvalue weighted by molar-refractivity contribution is 0.208. The Bertz CT molecular complexity index is 1110. The van der Waals surface area contributed by atoms with Crippen LogP contribution in [0.4, 0.5) is 16.3 Å². The van der Waals surface area contributed by atoms with Crippen molar-refractivity contribution >= 4 is 44.5 Å². The molecule has 0 spiro atoms. The monoisotopic (exact) mass is 455 g/mol. The van der Waals surface area contributed by atoms with Gasteiger partial charge in [0.1, 0.15) is 0 Å². The van der Waals surface area contributed by atoms with E-state index >= 15 is 0 Å². The first-order valence-corrected chi connectivity index (χ1v) is 10.4. The van der Waals surface area contributed by atoms with E-state index in [1.165, 1.54) is 0 Å². The van der Waals surface area contributed by atoms with Crippen LogP contribution in [0.3, 0.4) is 0 Å². The zero-order valence-corrected chi connectivity index (χ0v) is 17.7. The molecule has 29 heavy (non-hydrogen) atoms. The van der Waals surface area contributed by atoms with Crippen LogP contribution >= 0.6 is 15.9 Å². The number of fused-ring (bicyclic) bond motifs is 1. The quantitative estimate of drug-likeness (QED) is 0.655. The second-order valence-corrected chi connectivity index (χ2v) is 7.71. The summed E-state index contributed by atoms with van der Waals surface area (Å²) in [7, 11) is 0. The molecule has 1 N–H and O–H groups in total. The lowest BCUT2D eigenvalue weighted by Crippen LogP contribution is -2.51. The third kappa shape index (κ3) is 3.85. The Morgan fingerprint density at radius 3 is 2.48 bits per heavy atom. The number of aryl methyl sites for hydroxylation is 1. The predicted molar refractivity (Wildman–Crippen MR) is 119 cm³/mol. The van der Waals surface area contributed by atoms with Gasteiger partial charge in [-0.3, -0.25) is 4.79 Å². The average Bonchev–Trinajstić information content (AvgIpc) is 2.75. The molecule has 0 saturated carbocycles. The molecular formula is C21H22BrN5O2. The largest absolute Gasteiger partial charge is 0.348 e. The van der Waals surface area contributed by atoms with Crippen molar-refractivity contribution in [2.24, 2.45) is 0 Å². The smallest absolute Gasteiger partial charge is 0.321 e. The number of hydrogen-bond acceptors (Lipinski definition) is 4. The minimum absolute atomic E-state index is 0.0858. The molecule has 7 nitrogen and oxygen atoms in total. The van der Waals surface area contributed by atoms with E-state index in [2.05, 4.69) is 26.2 Å². The minimum atomic E-state index is -0.144. The number of para-hydroxylation sites is 3. The number of piperazine rings is 1. The Labute approximate surface area is 177 Å². The van der Waals surface area contributed by atoms with Crippen LogP contribution in [0.15, 0.2) is 57.8 Å². The van der Waals surface area contributed by atoms with Gasteiger partial charge in [-0.05, 0) is 47.1 Å². The number of rotatable bonds is 3. The molecule has 1 fully saturated rings. The lowest BCUT2D eigenvalue weighted by atomic mass is 10.2. The van der Waals surface area contributed by atoms with E-state index in [0.29, 0.717) is 38.5 Å². The van der Waals surface area contributed by atoms with Gasteiger partial charge < -0.3 is 19.7 Å². The zero-order valence-electron chi connectivity index (χ0n) is 16.1. The maximum absolute atomic E-state index is 13.0. The number of urea groups is 1. The fourth-order valence-electron chi connectivity index (χ4n) is 3.58. The van der Waals surface area contributed by atoms with Crippen molar-refractivity contribution in [2.75, 3.05) is 36.4 Å². The SMILES string of the molecule is CCn1c(=O)c(N2CCN(C(=O)Nc3ccccc3Br)CC2)nc2ccccc21. The van der Waals surface area contributed by atoms with Gasteiger partial charge in [0.15, 0.2) is 5.82 Å². The first-order valence-electron chi connectivity index (χ1n) is 9.63. The number of nitrogens with one attached hydrogen (secondary N) is 1. The van der Waals surface area contributed by atoms with Gasteiger partial charge in [0, 0.05) is 37.2 Å². The number of anilines is 2. The van der Waals surface area contributed by atoms with Crippen LogP contribution in [0.1, 0.15) is 6.92 Å². The highest BCUT2D eigenvalue weighted by Crippen LogP contribution is 2.22. The van der Waals surface area contributed by atoms with Gasteiger partial charge >= 0.3 is 6.03 Å². The Morgan fingerprint density at radius 1 is 1.07 bits per heavy atom. The molecule has 3 aromatic rings. The molecule has 0 atom stereocenters. The van der Waals surface area contributed by atoms with Crippen molar-refractivity contribution in [1.82, 2.24) is 14.5 Å². The first-order chi connectivity index (χ1) is 14.1. The second-order valence-electron chi connectivity index (χ2n) is 6.86. The molecule has 1 aliphatic heterocycles. The topological polar surface area (TPSA) is 70.5 Å². The highest BCUT2D eigenvalue weighted by molar-refractivity contribution is 9.10. The Balaban J connectivity index is 1.50. The molecule has 0 radical (unpaired) electrons. The standard InChI is InChI=1S/C21H22BrN5O2/c1-2-27-18-10-6-5-9-17(18)23-19(20(27)28)25-11-13-26(14-12-25)21(29)24-16-8-4-3-7-15(16)22/h3-10H,2,11-14H2,1H3,(H,24,29). The molecule has 150 valence electrons. The van der Waals surface area contributed by atoms with Gasteiger partial charge in [-0.1, -0.05) is 24.3 Å². The van der Waals surface area contributed by atoms with E-state index in [-0.39, 0.29) is 11.6 Å². The van der Waals surface area contributed by atoms with Gasteiger partial charge in [0.05, 0.1) is 16.7 Å². The fraction of sp³-hybridized carbons (Fsp3) is 0.286. The summed E-state index contributed by atoms with van der Waals surface area (Å²) in [6, 6.07) is 15.1. The van der Waals surface area contributed by atoms with Gasteiger partial charge in [0.2, 0.25) is 0 Å². The number of carbonyl (C=O) groups excluding carboxylic acids is 1. The molecule has 1 saturated heterocycles. The van der Waals surface area contributed by atoms with Crippen LogP contribution < -0.4 is 15.8 Å². The number of aromatic nitrogens is 2. The molecule has 2 aromatic carbocycles. The van der Waals surface area contributed by atoms with Gasteiger partial charge in [-0.25, -0.2) is 9.78 Å². The molecule has 1 aliphatic rings. The number of amides is 2. The number of benzene rings is 2. The Hall–Kier alpha value is -2.87. The molecular weight excluding hydrogens is 434 g/mol. The van der Waals surface area contributed by atoms with E-state index in [0.717, 1.165) is 21.2 Å². The van der Waals surface area contributed by atoms with Crippen LogP contribution in [0.5, 0.6) is 0 Å². The molecule has 1 aromatic heterocycles. The second kappa shape index (κ2) is 8.24. The maximum Gasteiger partial charge on any atom is 0.321 e. The normalized spacial score (nSPS) is 14.3. The molecule has 0 bridgehead atoms. The number of hydrogen-bond donors (Lipinski definition) is 1. The number of carbonyl (C=O) groups is 1. The van der Waals surface area contributed by atoms with Crippen molar-refractivity contribution in [3.8, 4) is 0 Å². The van der Waals surface area contributed by atoms with Crippen molar-refractivity contribution in [2.45, 2.75) is 13.5 Å². The van der Waals surface area contributed by atoms with Crippen molar-refractivity contribution in [3.63, 3.8) is 0 Å². The third-order valence-corrected chi connectivity index (χ3v) is 5.82. The molecule has 4 rings (SSSR count). The fourth-order valence-corrected chi connectivity index (χ4v) is 3.96. The maximum atomic E-state index is 13.0. The number of nitrogens with zero attached hydrogens (tertiary/aromatic N) is 4. The molecule has 0 unspecified atom stereocenters. The summed E-state index contributed by atoms with van der Waals surface area (Å²) in [5, 5.41) is 2.93. The zero-order chi connectivity index (χ0) is 20.4. The van der Waals surface area contributed by atoms with Gasteiger partial charge in [-0.15, -0.1) is 0 Å². The van der Waals surface area contributed by atoms with Crippen molar-refractivity contribution < 1.29 is 4.79 Å². The Morgan fingerprint density at radius 2 is 1.76 bits per heavy atom. The summed E-state index contributed by atoms with van der Waals surface area (Å²) in [6.45, 7) is 4.72. The summed E-state index contributed by atoms with van der Waals surface area (Å²) in [6.07, 6.45) is 0. The third-order valence-electron chi connectivity index (χ3n) is 5.13. The van der Waals surface area contributed by atoms with Crippen LogP contribution in [-0.2, 0) is 6.54 Å². The van der Waals surface area contributed by atoms with Crippen molar-refractivity contribution in [1.29, 1.82) is 0 Å². The number of halogens is 1. The predicted octanol–water partition coefficient (Wildman–Crippen LogP) is 3.53. The van der Waals surface area contributed by atoms with E-state index in [1.807, 2.05) is 60.4 Å². The molecule has 2 heterocycles. The highest BCUT2D eigenvalue weighted by atomic mass is 79.9. The van der Waals surface area contributed by atoms with Crippen LogP contribution in [0, 0.1) is 0 Å². The van der Waals surface area contributed by atoms with Gasteiger partial charge in [0.25, 0.3) is 5.56 Å². The summed E-state index contributed by atoms with van der Waals surface area (Å²) in [5.74, 6) is 0.455. The lowest BCUT2D eigenvalue weighted by Gasteiger charge is -2.35. The van der Waals surface area contributed by atoms with Gasteiger partial charge in [-0.2, -0.15) is 0 Å². The molecule has 2 amide bonds. The van der Waals surface area contributed by atoms with E-state index in [4.69, 9.17) is 0 Å². The summed E-state index contributed by atoms with van der Waals surface area (Å²) in [4.78, 5) is 33.9.